The number of benzene rings is 1. The van der Waals surface area contributed by atoms with Crippen molar-refractivity contribution in [1.82, 2.24) is 14.8 Å². The van der Waals surface area contributed by atoms with Gasteiger partial charge < -0.3 is 4.74 Å². The van der Waals surface area contributed by atoms with Gasteiger partial charge in [-0.15, -0.1) is 11.5 Å². The zero-order valence-corrected chi connectivity index (χ0v) is 19.5. The summed E-state index contributed by atoms with van der Waals surface area (Å²) in [5.41, 5.74) is 1.55. The predicted octanol–water partition coefficient (Wildman–Crippen LogP) is 5.53. The summed E-state index contributed by atoms with van der Waals surface area (Å²) < 4.78 is 84.0. The Morgan fingerprint density at radius 2 is 1.94 bits per heavy atom. The van der Waals surface area contributed by atoms with Gasteiger partial charge in [0.1, 0.15) is 0 Å². The van der Waals surface area contributed by atoms with Gasteiger partial charge in [-0.1, -0.05) is 18.1 Å². The van der Waals surface area contributed by atoms with E-state index in [1.807, 2.05) is 22.6 Å². The molecular weight excluding hydrogens is 581 g/mol. The third kappa shape index (κ3) is 5.32. The van der Waals surface area contributed by atoms with Crippen molar-refractivity contribution < 1.29 is 35.9 Å². The number of esters is 1. The largest absolute Gasteiger partial charge is 0.453 e. The number of aryl methyl sites for hydroxylation is 1. The molecule has 0 amide bonds. The number of hydrogen-bond acceptors (Lipinski definition) is 5. The van der Waals surface area contributed by atoms with E-state index in [4.69, 9.17) is 11.2 Å². The number of rotatable bonds is 3. The third-order valence-electron chi connectivity index (χ3n) is 4.46. The average molecular weight is 594 g/mol. The van der Waals surface area contributed by atoms with E-state index in [9.17, 15) is 31.1 Å². The molecule has 34 heavy (non-hydrogen) atoms. The number of hydrogen-bond donors (Lipinski definition) is 0. The highest BCUT2D eigenvalue weighted by Crippen LogP contribution is 2.34. The van der Waals surface area contributed by atoms with Gasteiger partial charge in [-0.25, -0.2) is 14.5 Å². The molecule has 1 saturated heterocycles. The van der Waals surface area contributed by atoms with Crippen molar-refractivity contribution in [2.24, 2.45) is 4.99 Å². The molecule has 1 fully saturated rings. The lowest BCUT2D eigenvalue weighted by Crippen LogP contribution is -2.16. The molecule has 2 heterocycles. The number of nitrogens with zero attached hydrogens (tertiary/aromatic N) is 4. The summed E-state index contributed by atoms with van der Waals surface area (Å²) in [5, 5.41) is 2.99. The van der Waals surface area contributed by atoms with Gasteiger partial charge >= 0.3 is 18.3 Å². The number of aliphatic imine (C=N–C) groups is 1. The Balaban J connectivity index is 1.97. The summed E-state index contributed by atoms with van der Waals surface area (Å²) in [6, 6.07) is 4.21. The Kier molecular flexibility index (Phi) is 6.92. The summed E-state index contributed by atoms with van der Waals surface area (Å²) in [6.45, 7) is 2.65. The maximum Gasteiger partial charge on any atom is 0.453 e. The summed E-state index contributed by atoms with van der Waals surface area (Å²) in [7, 11) is 0. The summed E-state index contributed by atoms with van der Waals surface area (Å²) in [6.07, 6.45) is -3.61. The smallest absolute Gasteiger partial charge is 0.403 e. The molecule has 0 unspecified atom stereocenters. The van der Waals surface area contributed by atoms with Gasteiger partial charge in [0.05, 0.1) is 23.4 Å². The molecule has 2 aromatic rings. The minimum atomic E-state index is -5.13. The zero-order chi connectivity index (χ0) is 25.4. The van der Waals surface area contributed by atoms with E-state index in [1.165, 1.54) is 24.3 Å². The number of allylic oxidation sites excluding steroid dienone is 2. The fraction of sp³-hybridized carbons (Fsp3) is 0.238. The summed E-state index contributed by atoms with van der Waals surface area (Å²) >= 11 is 1.94. The minimum absolute atomic E-state index is 0.0460. The lowest BCUT2D eigenvalue weighted by molar-refractivity contribution is -0.150. The van der Waals surface area contributed by atoms with E-state index in [0.717, 1.165) is 0 Å². The van der Waals surface area contributed by atoms with Gasteiger partial charge in [0, 0.05) is 9.66 Å². The van der Waals surface area contributed by atoms with Crippen molar-refractivity contribution in [1.29, 1.82) is 0 Å². The van der Waals surface area contributed by atoms with Crippen LogP contribution in [0.4, 0.5) is 32.0 Å². The van der Waals surface area contributed by atoms with Gasteiger partial charge in [-0.3, -0.25) is 0 Å². The van der Waals surface area contributed by atoms with E-state index < -0.39 is 36.5 Å². The van der Waals surface area contributed by atoms with Crippen molar-refractivity contribution in [2.75, 3.05) is 0 Å². The second-order valence-electron chi connectivity index (χ2n) is 6.97. The van der Waals surface area contributed by atoms with Crippen molar-refractivity contribution in [3.05, 3.63) is 61.8 Å². The molecule has 0 atom stereocenters. The van der Waals surface area contributed by atoms with Gasteiger partial charge in [-0.2, -0.15) is 31.3 Å². The number of halogens is 7. The first-order valence-corrected chi connectivity index (χ1v) is 10.3. The predicted molar refractivity (Wildman–Crippen MR) is 117 cm³/mol. The molecule has 0 spiro atoms. The number of ether oxygens (including phenoxy) is 1. The molecular formula is C21H13F6IN4O2. The first-order chi connectivity index (χ1) is 15.7. The van der Waals surface area contributed by atoms with Crippen LogP contribution in [0.1, 0.15) is 29.7 Å². The molecule has 1 aliphatic rings. The SMILES string of the molecule is C#C/C=C1/C(=Nc2ccc(Cn3nc(C(F)(F)F)nc3C(F)(F)F)cc2C)OC(=O)/C1=C(/C)I. The Hall–Kier alpha value is -3.15. The van der Waals surface area contributed by atoms with Crippen LogP contribution >= 0.6 is 22.6 Å². The molecule has 13 heteroatoms. The fourth-order valence-corrected chi connectivity index (χ4v) is 3.55. The highest BCUT2D eigenvalue weighted by atomic mass is 127. The minimum Gasteiger partial charge on any atom is -0.403 e. The molecule has 1 aliphatic heterocycles. The molecule has 0 radical (unpaired) electrons. The van der Waals surface area contributed by atoms with E-state index in [0.29, 0.717) is 20.4 Å². The van der Waals surface area contributed by atoms with E-state index >= 15 is 0 Å². The standard InChI is InChI=1S/C21H13F6IN4O2/c1-4-5-13-15(11(3)28)17(33)34-16(13)29-14-7-6-12(8-10(14)2)9-32-19(21(25,26)27)30-18(31-32)20(22,23)24/h1,5-8H,9H2,2-3H3/b13-5+,15-11-,29-16?. The van der Waals surface area contributed by atoms with E-state index in [2.05, 4.69) is 21.0 Å². The normalized spacial score (nSPS) is 18.4. The van der Waals surface area contributed by atoms with Crippen molar-refractivity contribution in [2.45, 2.75) is 32.7 Å². The Morgan fingerprint density at radius 1 is 1.26 bits per heavy atom. The maximum absolute atomic E-state index is 13.2. The van der Waals surface area contributed by atoms with Crippen LogP contribution < -0.4 is 0 Å². The van der Waals surface area contributed by atoms with Gasteiger partial charge in [0.25, 0.3) is 5.82 Å². The summed E-state index contributed by atoms with van der Waals surface area (Å²) in [4.78, 5) is 19.1. The number of terminal acetylenes is 1. The molecule has 0 saturated carbocycles. The molecule has 0 N–H and O–H groups in total. The van der Waals surface area contributed by atoms with Crippen LogP contribution in [0, 0.1) is 19.3 Å². The van der Waals surface area contributed by atoms with Crippen LogP contribution in [-0.2, 0) is 28.4 Å². The second kappa shape index (κ2) is 9.24. The molecule has 0 bridgehead atoms. The molecule has 3 rings (SSSR count). The van der Waals surface area contributed by atoms with Crippen molar-refractivity contribution in [3.8, 4) is 12.3 Å². The summed E-state index contributed by atoms with van der Waals surface area (Å²) in [5.74, 6) is -2.02. The van der Waals surface area contributed by atoms with Crippen LogP contribution in [0.2, 0.25) is 0 Å². The molecule has 178 valence electrons. The Bertz CT molecular complexity index is 1290. The number of cyclic esters (lactones) is 1. The molecule has 0 aliphatic carbocycles. The zero-order valence-electron chi connectivity index (χ0n) is 17.3. The Labute approximate surface area is 202 Å². The van der Waals surface area contributed by atoms with Crippen LogP contribution in [0.5, 0.6) is 0 Å². The number of alkyl halides is 6. The maximum atomic E-state index is 13.2. The molecule has 1 aromatic carbocycles. The average Bonchev–Trinajstić information content (AvgIpc) is 3.25. The van der Waals surface area contributed by atoms with Crippen molar-refractivity contribution in [3.63, 3.8) is 0 Å². The second-order valence-corrected chi connectivity index (χ2v) is 8.59. The van der Waals surface area contributed by atoms with Gasteiger partial charge in [-0.05, 0) is 53.6 Å². The van der Waals surface area contributed by atoms with E-state index in [1.54, 1.807) is 13.8 Å². The van der Waals surface area contributed by atoms with E-state index in [-0.39, 0.29) is 21.7 Å². The molecule has 1 aromatic heterocycles. The van der Waals surface area contributed by atoms with Gasteiger partial charge in [0.2, 0.25) is 11.7 Å². The quantitative estimate of drug-likeness (QED) is 0.154. The lowest BCUT2D eigenvalue weighted by atomic mass is 10.1. The number of aromatic nitrogens is 3. The van der Waals surface area contributed by atoms with Gasteiger partial charge in [0.15, 0.2) is 0 Å². The lowest BCUT2D eigenvalue weighted by Gasteiger charge is -2.10. The Morgan fingerprint density at radius 3 is 2.47 bits per heavy atom. The molecule has 6 nitrogen and oxygen atoms in total. The van der Waals surface area contributed by atoms with Crippen LogP contribution in [-0.4, -0.2) is 26.6 Å². The highest BCUT2D eigenvalue weighted by Gasteiger charge is 2.44. The number of carbonyl (C=O) groups excluding carboxylic acids is 1. The highest BCUT2D eigenvalue weighted by molar-refractivity contribution is 14.1. The number of carbonyl (C=O) groups is 1. The monoisotopic (exact) mass is 594 g/mol. The van der Waals surface area contributed by atoms with Crippen LogP contribution in [0.15, 0.2) is 44.0 Å². The topological polar surface area (TPSA) is 69.4 Å². The van der Waals surface area contributed by atoms with Crippen LogP contribution in [0.3, 0.4) is 0 Å². The first-order valence-electron chi connectivity index (χ1n) is 9.25. The van der Waals surface area contributed by atoms with Crippen molar-refractivity contribution >= 4 is 40.1 Å². The van der Waals surface area contributed by atoms with Crippen LogP contribution in [0.25, 0.3) is 0 Å². The first kappa shape index (κ1) is 25.5. The third-order valence-corrected chi connectivity index (χ3v) is 5.00. The fourth-order valence-electron chi connectivity index (χ4n) is 3.04.